The minimum Gasteiger partial charge on any atom is -0.223 e. The van der Waals surface area contributed by atoms with Crippen molar-refractivity contribution in [2.24, 2.45) is 0 Å². The highest BCUT2D eigenvalue weighted by Gasteiger charge is 2.16. The number of rotatable bonds is 6. The number of hydrogen-bond donors (Lipinski definition) is 1. The summed E-state index contributed by atoms with van der Waals surface area (Å²) in [5.74, 6) is 0. The molecule has 0 saturated carbocycles. The third-order valence-corrected chi connectivity index (χ3v) is 6.03. The lowest BCUT2D eigenvalue weighted by molar-refractivity contribution is 0.580. The highest BCUT2D eigenvalue weighted by atomic mass is 32.2. The Morgan fingerprint density at radius 3 is 2.88 bits per heavy atom. The molecule has 6 nitrogen and oxygen atoms in total. The number of benzene rings is 1. The Balaban J connectivity index is 1.64. The van der Waals surface area contributed by atoms with Gasteiger partial charge in [0, 0.05) is 30.7 Å². The van der Waals surface area contributed by atoms with Gasteiger partial charge in [0.25, 0.3) is 0 Å². The van der Waals surface area contributed by atoms with Gasteiger partial charge in [-0.1, -0.05) is 12.1 Å². The molecule has 2 aromatic heterocycles. The predicted molar refractivity (Wildman–Crippen MR) is 94.0 cm³/mol. The fourth-order valence-corrected chi connectivity index (χ4v) is 4.44. The highest BCUT2D eigenvalue weighted by Crippen LogP contribution is 2.17. The molecular formula is C16H18N4O2S2. The van der Waals surface area contributed by atoms with Gasteiger partial charge in [0.1, 0.15) is 0 Å². The number of thiazole rings is 1. The second-order valence-corrected chi connectivity index (χ2v) is 8.06. The zero-order valence-corrected chi connectivity index (χ0v) is 15.1. The first-order valence-corrected chi connectivity index (χ1v) is 9.83. The fourth-order valence-electron chi connectivity index (χ4n) is 2.29. The molecule has 0 radical (unpaired) electrons. The average molecular weight is 362 g/mol. The average Bonchev–Trinajstić information content (AvgIpc) is 3.20. The highest BCUT2D eigenvalue weighted by molar-refractivity contribution is 7.89. The smallest absolute Gasteiger partial charge is 0.223 e. The van der Waals surface area contributed by atoms with Crippen LogP contribution >= 0.6 is 11.3 Å². The van der Waals surface area contributed by atoms with Gasteiger partial charge in [0.05, 0.1) is 10.6 Å². The summed E-state index contributed by atoms with van der Waals surface area (Å²) in [7, 11) is -3.51. The summed E-state index contributed by atoms with van der Waals surface area (Å²) in [6.45, 7) is 3.98. The molecule has 3 aromatic rings. The van der Waals surface area contributed by atoms with Crippen molar-refractivity contribution in [2.75, 3.05) is 6.54 Å². The molecule has 24 heavy (non-hydrogen) atoms. The van der Waals surface area contributed by atoms with Crippen LogP contribution in [0.15, 0.2) is 46.9 Å². The summed E-state index contributed by atoms with van der Waals surface area (Å²) in [6.07, 6.45) is 4.05. The monoisotopic (exact) mass is 362 g/mol. The van der Waals surface area contributed by atoms with Crippen LogP contribution in [-0.4, -0.2) is 29.7 Å². The van der Waals surface area contributed by atoms with E-state index in [0.29, 0.717) is 17.9 Å². The zero-order chi connectivity index (χ0) is 17.2. The van der Waals surface area contributed by atoms with Crippen LogP contribution in [0.4, 0.5) is 0 Å². The molecule has 0 atom stereocenters. The minimum atomic E-state index is -3.51. The molecule has 126 valence electrons. The first-order valence-electron chi connectivity index (χ1n) is 7.47. The standard InChI is InChI=1S/C16H18N4O2S2/c1-12-4-5-13(2)15(10-12)24(21,22)18-8-6-14-11-23-16(19-14)20-9-3-7-17-20/h3-5,7,9-11,18H,6,8H2,1-2H3. The third kappa shape index (κ3) is 3.72. The fraction of sp³-hybridized carbons (Fsp3) is 0.250. The molecule has 0 bridgehead atoms. The Bertz CT molecular complexity index is 931. The molecule has 0 aliphatic carbocycles. The van der Waals surface area contributed by atoms with Gasteiger partial charge < -0.3 is 0 Å². The Morgan fingerprint density at radius 2 is 2.12 bits per heavy atom. The van der Waals surface area contributed by atoms with E-state index in [0.717, 1.165) is 22.0 Å². The molecule has 0 aliphatic heterocycles. The van der Waals surface area contributed by atoms with Crippen molar-refractivity contribution in [1.82, 2.24) is 19.5 Å². The third-order valence-electron chi connectivity index (χ3n) is 3.55. The first kappa shape index (κ1) is 16.8. The number of aryl methyl sites for hydroxylation is 2. The second-order valence-electron chi connectivity index (χ2n) is 5.49. The molecule has 2 heterocycles. The van der Waals surface area contributed by atoms with E-state index in [2.05, 4.69) is 14.8 Å². The van der Waals surface area contributed by atoms with E-state index in [1.807, 2.05) is 36.7 Å². The van der Waals surface area contributed by atoms with E-state index in [1.54, 1.807) is 23.9 Å². The molecule has 3 rings (SSSR count). The quantitative estimate of drug-likeness (QED) is 0.731. The van der Waals surface area contributed by atoms with Crippen LogP contribution in [0.3, 0.4) is 0 Å². The van der Waals surface area contributed by atoms with Gasteiger partial charge >= 0.3 is 0 Å². The lowest BCUT2D eigenvalue weighted by Crippen LogP contribution is -2.26. The topological polar surface area (TPSA) is 76.9 Å². The number of sulfonamides is 1. The van der Waals surface area contributed by atoms with Gasteiger partial charge in [-0.05, 0) is 37.1 Å². The van der Waals surface area contributed by atoms with Crippen LogP contribution in [0.25, 0.3) is 5.13 Å². The van der Waals surface area contributed by atoms with Crippen LogP contribution in [0, 0.1) is 13.8 Å². The Morgan fingerprint density at radius 1 is 1.29 bits per heavy atom. The Kier molecular flexibility index (Phi) is 4.79. The lowest BCUT2D eigenvalue weighted by Gasteiger charge is -2.09. The maximum Gasteiger partial charge on any atom is 0.240 e. The van der Waals surface area contributed by atoms with E-state index in [-0.39, 0.29) is 0 Å². The number of nitrogens with zero attached hydrogens (tertiary/aromatic N) is 3. The van der Waals surface area contributed by atoms with Crippen molar-refractivity contribution in [3.05, 3.63) is 58.9 Å². The Hall–Kier alpha value is -2.03. The van der Waals surface area contributed by atoms with Crippen molar-refractivity contribution < 1.29 is 8.42 Å². The van der Waals surface area contributed by atoms with Crippen LogP contribution in [0.1, 0.15) is 16.8 Å². The molecule has 0 unspecified atom stereocenters. The summed E-state index contributed by atoms with van der Waals surface area (Å²) in [5.41, 5.74) is 2.50. The maximum atomic E-state index is 12.4. The van der Waals surface area contributed by atoms with E-state index in [4.69, 9.17) is 0 Å². The van der Waals surface area contributed by atoms with E-state index < -0.39 is 10.0 Å². The summed E-state index contributed by atoms with van der Waals surface area (Å²) >= 11 is 1.48. The van der Waals surface area contributed by atoms with Crippen molar-refractivity contribution in [1.29, 1.82) is 0 Å². The maximum absolute atomic E-state index is 12.4. The molecular weight excluding hydrogens is 344 g/mol. The van der Waals surface area contributed by atoms with Gasteiger partial charge in [0.2, 0.25) is 15.2 Å². The second kappa shape index (κ2) is 6.84. The van der Waals surface area contributed by atoms with Crippen molar-refractivity contribution >= 4 is 21.4 Å². The summed E-state index contributed by atoms with van der Waals surface area (Å²) in [5, 5.41) is 6.82. The van der Waals surface area contributed by atoms with Crippen molar-refractivity contribution in [3.63, 3.8) is 0 Å². The Labute approximate surface area is 145 Å². The SMILES string of the molecule is Cc1ccc(C)c(S(=O)(=O)NCCc2csc(-n3cccn3)n2)c1. The molecule has 8 heteroatoms. The molecule has 0 saturated heterocycles. The molecule has 0 fully saturated rings. The molecule has 1 aromatic carbocycles. The molecule has 0 amide bonds. The number of aromatic nitrogens is 3. The molecule has 1 N–H and O–H groups in total. The molecule has 0 spiro atoms. The summed E-state index contributed by atoms with van der Waals surface area (Å²) in [6, 6.07) is 7.25. The summed E-state index contributed by atoms with van der Waals surface area (Å²) in [4.78, 5) is 4.79. The van der Waals surface area contributed by atoms with Crippen molar-refractivity contribution in [2.45, 2.75) is 25.2 Å². The lowest BCUT2D eigenvalue weighted by atomic mass is 10.2. The van der Waals surface area contributed by atoms with Gasteiger partial charge in [0.15, 0.2) is 0 Å². The van der Waals surface area contributed by atoms with Crippen LogP contribution < -0.4 is 4.72 Å². The first-order chi connectivity index (χ1) is 11.5. The molecule has 0 aliphatic rings. The van der Waals surface area contributed by atoms with E-state index in [9.17, 15) is 8.42 Å². The normalized spacial score (nSPS) is 11.8. The van der Waals surface area contributed by atoms with E-state index >= 15 is 0 Å². The zero-order valence-electron chi connectivity index (χ0n) is 13.4. The van der Waals surface area contributed by atoms with Crippen LogP contribution in [-0.2, 0) is 16.4 Å². The van der Waals surface area contributed by atoms with Crippen LogP contribution in [0.5, 0.6) is 0 Å². The van der Waals surface area contributed by atoms with Crippen LogP contribution in [0.2, 0.25) is 0 Å². The summed E-state index contributed by atoms with van der Waals surface area (Å²) < 4.78 is 29.2. The van der Waals surface area contributed by atoms with E-state index in [1.165, 1.54) is 11.3 Å². The van der Waals surface area contributed by atoms with Crippen molar-refractivity contribution in [3.8, 4) is 5.13 Å². The predicted octanol–water partition coefficient (Wildman–Crippen LogP) is 2.47. The van der Waals surface area contributed by atoms with Gasteiger partial charge in [-0.25, -0.2) is 22.8 Å². The van der Waals surface area contributed by atoms with Gasteiger partial charge in [-0.15, -0.1) is 11.3 Å². The van der Waals surface area contributed by atoms with Gasteiger partial charge in [-0.3, -0.25) is 0 Å². The minimum absolute atomic E-state index is 0.304. The van der Waals surface area contributed by atoms with Gasteiger partial charge in [-0.2, -0.15) is 5.10 Å². The number of hydrogen-bond acceptors (Lipinski definition) is 5. The number of nitrogens with one attached hydrogen (secondary N) is 1. The largest absolute Gasteiger partial charge is 0.240 e.